The van der Waals surface area contributed by atoms with Crippen LogP contribution in [-0.4, -0.2) is 0 Å². The van der Waals surface area contributed by atoms with Crippen molar-refractivity contribution in [3.8, 4) is 0 Å². The molecule has 2 heteroatoms. The Bertz CT molecular complexity index is 505. The molecule has 2 aromatic carbocycles. The summed E-state index contributed by atoms with van der Waals surface area (Å²) in [6.07, 6.45) is 0. The zero-order valence-corrected chi connectivity index (χ0v) is 12.4. The monoisotopic (exact) mass is 303 g/mol. The van der Waals surface area contributed by atoms with Crippen LogP contribution < -0.4 is 5.32 Å². The van der Waals surface area contributed by atoms with Crippen LogP contribution in [0.4, 0.5) is 0 Å². The molecule has 1 nitrogen and oxygen atoms in total. The first-order valence-corrected chi connectivity index (χ1v) is 6.99. The fraction of sp³-hybridized carbons (Fsp3) is 0.250. The molecule has 94 valence electrons. The zero-order chi connectivity index (χ0) is 13.0. The lowest BCUT2D eigenvalue weighted by Gasteiger charge is -2.16. The van der Waals surface area contributed by atoms with E-state index in [9.17, 15) is 0 Å². The highest BCUT2D eigenvalue weighted by atomic mass is 79.9. The summed E-state index contributed by atoms with van der Waals surface area (Å²) < 4.78 is 1.16. The van der Waals surface area contributed by atoms with Crippen molar-refractivity contribution in [1.82, 2.24) is 5.32 Å². The van der Waals surface area contributed by atoms with Gasteiger partial charge in [-0.15, -0.1) is 0 Å². The van der Waals surface area contributed by atoms with Crippen LogP contribution in [0.1, 0.15) is 29.7 Å². The molecule has 0 radical (unpaired) electrons. The van der Waals surface area contributed by atoms with Crippen LogP contribution in [0, 0.1) is 6.92 Å². The maximum atomic E-state index is 3.59. The minimum absolute atomic E-state index is 0.335. The van der Waals surface area contributed by atoms with E-state index in [1.165, 1.54) is 16.7 Å². The van der Waals surface area contributed by atoms with E-state index in [1.54, 1.807) is 0 Å². The van der Waals surface area contributed by atoms with Gasteiger partial charge < -0.3 is 5.32 Å². The van der Waals surface area contributed by atoms with E-state index in [2.05, 4.69) is 77.6 Å². The average molecular weight is 304 g/mol. The number of hydrogen-bond donors (Lipinski definition) is 1. The molecule has 0 aliphatic heterocycles. The van der Waals surface area contributed by atoms with Gasteiger partial charge in [0.2, 0.25) is 0 Å². The second-order valence-corrected chi connectivity index (χ2v) is 5.46. The van der Waals surface area contributed by atoms with Gasteiger partial charge >= 0.3 is 0 Å². The van der Waals surface area contributed by atoms with Crippen LogP contribution >= 0.6 is 15.9 Å². The summed E-state index contributed by atoms with van der Waals surface area (Å²) in [5.74, 6) is 0. The Morgan fingerprint density at radius 3 is 2.39 bits per heavy atom. The fourth-order valence-corrected chi connectivity index (χ4v) is 2.54. The summed E-state index contributed by atoms with van der Waals surface area (Å²) in [5.41, 5.74) is 3.92. The van der Waals surface area contributed by atoms with Crippen LogP contribution in [0.15, 0.2) is 53.0 Å². The van der Waals surface area contributed by atoms with Gasteiger partial charge in [-0.2, -0.15) is 0 Å². The first kappa shape index (κ1) is 13.3. The highest BCUT2D eigenvalue weighted by Gasteiger charge is 2.07. The van der Waals surface area contributed by atoms with Crippen molar-refractivity contribution in [1.29, 1.82) is 0 Å². The lowest BCUT2D eigenvalue weighted by atomic mass is 10.1. The van der Waals surface area contributed by atoms with Crippen molar-refractivity contribution in [2.24, 2.45) is 0 Å². The molecule has 0 saturated carbocycles. The molecule has 0 aliphatic rings. The van der Waals surface area contributed by atoms with E-state index in [-0.39, 0.29) is 0 Å². The van der Waals surface area contributed by atoms with Crippen molar-refractivity contribution in [2.75, 3.05) is 0 Å². The molecular formula is C16H18BrN. The van der Waals surface area contributed by atoms with Gasteiger partial charge in [-0.25, -0.2) is 0 Å². The van der Waals surface area contributed by atoms with Crippen molar-refractivity contribution in [3.05, 3.63) is 69.7 Å². The van der Waals surface area contributed by atoms with Crippen LogP contribution in [-0.2, 0) is 6.54 Å². The second kappa shape index (κ2) is 6.17. The topological polar surface area (TPSA) is 12.0 Å². The predicted octanol–water partition coefficient (Wildman–Crippen LogP) is 4.61. The molecule has 0 fully saturated rings. The molecule has 18 heavy (non-hydrogen) atoms. The van der Waals surface area contributed by atoms with E-state index < -0.39 is 0 Å². The predicted molar refractivity (Wildman–Crippen MR) is 80.6 cm³/mol. The molecule has 0 aliphatic carbocycles. The average Bonchev–Trinajstić information content (AvgIpc) is 2.38. The SMILES string of the molecule is Cc1ccc(CNC(C)c2ccccc2Br)cc1. The van der Waals surface area contributed by atoms with Crippen molar-refractivity contribution in [3.63, 3.8) is 0 Å². The van der Waals surface area contributed by atoms with E-state index in [0.717, 1.165) is 11.0 Å². The van der Waals surface area contributed by atoms with Crippen LogP contribution in [0.25, 0.3) is 0 Å². The first-order valence-electron chi connectivity index (χ1n) is 6.20. The summed E-state index contributed by atoms with van der Waals surface area (Å²) in [4.78, 5) is 0. The standard InChI is InChI=1S/C16H18BrN/c1-12-7-9-14(10-8-12)11-18-13(2)15-5-3-4-6-16(15)17/h3-10,13,18H,11H2,1-2H3. The summed E-state index contributed by atoms with van der Waals surface area (Å²) in [6, 6.07) is 17.3. The second-order valence-electron chi connectivity index (χ2n) is 4.61. The number of rotatable bonds is 4. The third kappa shape index (κ3) is 3.44. The molecule has 0 spiro atoms. The van der Waals surface area contributed by atoms with Crippen LogP contribution in [0.5, 0.6) is 0 Å². The molecular weight excluding hydrogens is 286 g/mol. The highest BCUT2D eigenvalue weighted by Crippen LogP contribution is 2.22. The van der Waals surface area contributed by atoms with Gasteiger partial charge in [-0.3, -0.25) is 0 Å². The van der Waals surface area contributed by atoms with E-state index in [1.807, 2.05) is 6.07 Å². The van der Waals surface area contributed by atoms with E-state index >= 15 is 0 Å². The number of hydrogen-bond acceptors (Lipinski definition) is 1. The maximum Gasteiger partial charge on any atom is 0.0306 e. The third-order valence-electron chi connectivity index (χ3n) is 3.10. The zero-order valence-electron chi connectivity index (χ0n) is 10.8. The molecule has 0 saturated heterocycles. The Kier molecular flexibility index (Phi) is 4.56. The van der Waals surface area contributed by atoms with Gasteiger partial charge in [0, 0.05) is 17.1 Å². The Morgan fingerprint density at radius 2 is 1.72 bits per heavy atom. The van der Waals surface area contributed by atoms with Crippen molar-refractivity contribution >= 4 is 15.9 Å². The van der Waals surface area contributed by atoms with Gasteiger partial charge in [0.25, 0.3) is 0 Å². The minimum Gasteiger partial charge on any atom is -0.306 e. The lowest BCUT2D eigenvalue weighted by Crippen LogP contribution is -2.18. The van der Waals surface area contributed by atoms with Gasteiger partial charge in [0.05, 0.1) is 0 Å². The van der Waals surface area contributed by atoms with Gasteiger partial charge in [-0.1, -0.05) is 64.0 Å². The fourth-order valence-electron chi connectivity index (χ4n) is 1.91. The number of nitrogens with one attached hydrogen (secondary N) is 1. The molecule has 1 unspecified atom stereocenters. The Hall–Kier alpha value is -1.12. The van der Waals surface area contributed by atoms with Gasteiger partial charge in [0.1, 0.15) is 0 Å². The normalized spacial score (nSPS) is 12.4. The number of benzene rings is 2. The number of halogens is 1. The molecule has 2 aromatic rings. The molecule has 0 bridgehead atoms. The quantitative estimate of drug-likeness (QED) is 0.870. The maximum absolute atomic E-state index is 3.59. The Labute approximate surface area is 117 Å². The first-order chi connectivity index (χ1) is 8.66. The third-order valence-corrected chi connectivity index (χ3v) is 3.83. The molecule has 1 N–H and O–H groups in total. The summed E-state index contributed by atoms with van der Waals surface area (Å²) in [7, 11) is 0. The minimum atomic E-state index is 0.335. The Balaban J connectivity index is 1.98. The largest absolute Gasteiger partial charge is 0.306 e. The summed E-state index contributed by atoms with van der Waals surface area (Å²) in [6.45, 7) is 5.19. The van der Waals surface area contributed by atoms with E-state index in [4.69, 9.17) is 0 Å². The lowest BCUT2D eigenvalue weighted by molar-refractivity contribution is 0.573. The molecule has 1 atom stereocenters. The molecule has 0 heterocycles. The smallest absolute Gasteiger partial charge is 0.0306 e. The summed E-state index contributed by atoms with van der Waals surface area (Å²) in [5, 5.41) is 3.55. The Morgan fingerprint density at radius 1 is 1.06 bits per heavy atom. The van der Waals surface area contributed by atoms with Gasteiger partial charge in [-0.05, 0) is 31.0 Å². The van der Waals surface area contributed by atoms with Crippen molar-refractivity contribution in [2.45, 2.75) is 26.4 Å². The van der Waals surface area contributed by atoms with E-state index in [0.29, 0.717) is 6.04 Å². The number of aryl methyl sites for hydroxylation is 1. The molecule has 0 aromatic heterocycles. The van der Waals surface area contributed by atoms with Gasteiger partial charge in [0.15, 0.2) is 0 Å². The molecule has 0 amide bonds. The molecule has 2 rings (SSSR count). The summed E-state index contributed by atoms with van der Waals surface area (Å²) >= 11 is 3.59. The highest BCUT2D eigenvalue weighted by molar-refractivity contribution is 9.10. The van der Waals surface area contributed by atoms with Crippen LogP contribution in [0.2, 0.25) is 0 Å². The van der Waals surface area contributed by atoms with Crippen molar-refractivity contribution < 1.29 is 0 Å². The van der Waals surface area contributed by atoms with Crippen LogP contribution in [0.3, 0.4) is 0 Å².